The second kappa shape index (κ2) is 5.63. The molecule has 1 atom stereocenters. The Hall–Kier alpha value is -0.890. The number of rotatable bonds is 3. The zero-order valence-corrected chi connectivity index (χ0v) is 10.5. The van der Waals surface area contributed by atoms with E-state index >= 15 is 0 Å². The van der Waals surface area contributed by atoms with Crippen LogP contribution in [0.2, 0.25) is 0 Å². The molecule has 0 aliphatic heterocycles. The smallest absolute Gasteiger partial charge is 0.123 e. The van der Waals surface area contributed by atoms with Gasteiger partial charge in [0.05, 0.1) is 0 Å². The Kier molecular flexibility index (Phi) is 4.16. The molecule has 1 aromatic rings. The molecular weight excluding hydrogens is 213 g/mol. The van der Waals surface area contributed by atoms with Crippen molar-refractivity contribution in [2.45, 2.75) is 45.1 Å². The summed E-state index contributed by atoms with van der Waals surface area (Å²) < 4.78 is 13.1. The van der Waals surface area contributed by atoms with Crippen LogP contribution in [0.5, 0.6) is 0 Å². The Morgan fingerprint density at radius 2 is 2.00 bits per heavy atom. The first kappa shape index (κ1) is 12.6. The van der Waals surface area contributed by atoms with E-state index in [4.69, 9.17) is 5.73 Å². The van der Waals surface area contributed by atoms with Gasteiger partial charge in [-0.3, -0.25) is 0 Å². The van der Waals surface area contributed by atoms with Gasteiger partial charge in [-0.2, -0.15) is 0 Å². The highest BCUT2D eigenvalue weighted by atomic mass is 19.1. The Balaban J connectivity index is 1.90. The molecule has 1 unspecified atom stereocenters. The van der Waals surface area contributed by atoms with Gasteiger partial charge in [0.2, 0.25) is 0 Å². The minimum Gasteiger partial charge on any atom is -0.327 e. The lowest BCUT2D eigenvalue weighted by molar-refractivity contribution is 0.253. The molecule has 0 aromatic heterocycles. The van der Waals surface area contributed by atoms with Crippen molar-refractivity contribution in [1.82, 2.24) is 0 Å². The molecule has 17 heavy (non-hydrogen) atoms. The minimum atomic E-state index is -0.160. The largest absolute Gasteiger partial charge is 0.327 e. The molecule has 1 nitrogen and oxygen atoms in total. The number of hydrogen-bond acceptors (Lipinski definition) is 1. The number of halogens is 1. The van der Waals surface area contributed by atoms with Gasteiger partial charge in [0.25, 0.3) is 0 Å². The summed E-state index contributed by atoms with van der Waals surface area (Å²) in [6.07, 6.45) is 5.86. The fraction of sp³-hybridized carbons (Fsp3) is 0.600. The van der Waals surface area contributed by atoms with Gasteiger partial charge < -0.3 is 5.73 Å². The first-order valence-electron chi connectivity index (χ1n) is 6.65. The van der Waals surface area contributed by atoms with Crippen LogP contribution in [0.15, 0.2) is 24.3 Å². The Morgan fingerprint density at radius 3 is 2.65 bits per heavy atom. The molecule has 1 fully saturated rings. The quantitative estimate of drug-likeness (QED) is 0.852. The van der Waals surface area contributed by atoms with Gasteiger partial charge in [0.15, 0.2) is 0 Å². The van der Waals surface area contributed by atoms with Crippen LogP contribution in [0, 0.1) is 17.7 Å². The van der Waals surface area contributed by atoms with E-state index in [9.17, 15) is 4.39 Å². The molecule has 2 heteroatoms. The topological polar surface area (TPSA) is 26.0 Å². The second-order valence-electron chi connectivity index (χ2n) is 5.52. The van der Waals surface area contributed by atoms with Gasteiger partial charge in [0, 0.05) is 6.04 Å². The van der Waals surface area contributed by atoms with E-state index < -0.39 is 0 Å². The zero-order chi connectivity index (χ0) is 12.3. The third-order valence-electron chi connectivity index (χ3n) is 4.03. The van der Waals surface area contributed by atoms with Crippen molar-refractivity contribution in [3.05, 3.63) is 35.6 Å². The fourth-order valence-corrected chi connectivity index (χ4v) is 2.82. The van der Waals surface area contributed by atoms with Gasteiger partial charge in [-0.15, -0.1) is 0 Å². The predicted octanol–water partition coefficient (Wildman–Crippen LogP) is 3.52. The summed E-state index contributed by atoms with van der Waals surface area (Å²) in [6.45, 7) is 2.31. The molecule has 1 saturated carbocycles. The third kappa shape index (κ3) is 3.53. The maximum atomic E-state index is 13.1. The van der Waals surface area contributed by atoms with E-state index in [0.29, 0.717) is 5.92 Å². The molecule has 1 aliphatic carbocycles. The number of benzene rings is 1. The second-order valence-corrected chi connectivity index (χ2v) is 5.52. The highest BCUT2D eigenvalue weighted by Gasteiger charge is 2.23. The molecule has 1 aromatic carbocycles. The molecule has 0 saturated heterocycles. The van der Waals surface area contributed by atoms with E-state index in [1.807, 2.05) is 6.07 Å². The normalized spacial score (nSPS) is 26.8. The standard InChI is InChI=1S/C15H22FN/c1-11-5-7-13(8-6-11)15(17)10-12-3-2-4-14(16)9-12/h2-4,9,11,13,15H,5-8,10,17H2,1H3. The highest BCUT2D eigenvalue weighted by molar-refractivity contribution is 5.17. The third-order valence-corrected chi connectivity index (χ3v) is 4.03. The van der Waals surface area contributed by atoms with Crippen molar-refractivity contribution in [3.63, 3.8) is 0 Å². The summed E-state index contributed by atoms with van der Waals surface area (Å²) in [5, 5.41) is 0. The maximum absolute atomic E-state index is 13.1. The molecule has 94 valence electrons. The van der Waals surface area contributed by atoms with Crippen LogP contribution in [0.3, 0.4) is 0 Å². The molecule has 2 N–H and O–H groups in total. The fourth-order valence-electron chi connectivity index (χ4n) is 2.82. The monoisotopic (exact) mass is 235 g/mol. The molecule has 0 spiro atoms. The average Bonchev–Trinajstić information content (AvgIpc) is 2.29. The maximum Gasteiger partial charge on any atom is 0.123 e. The van der Waals surface area contributed by atoms with Crippen LogP contribution >= 0.6 is 0 Å². The Morgan fingerprint density at radius 1 is 1.29 bits per heavy atom. The van der Waals surface area contributed by atoms with E-state index in [-0.39, 0.29) is 11.9 Å². The van der Waals surface area contributed by atoms with E-state index in [0.717, 1.165) is 17.9 Å². The average molecular weight is 235 g/mol. The Labute approximate surface area is 103 Å². The van der Waals surface area contributed by atoms with Crippen LogP contribution in [0.25, 0.3) is 0 Å². The molecule has 0 amide bonds. The van der Waals surface area contributed by atoms with Crippen molar-refractivity contribution in [2.24, 2.45) is 17.6 Å². The van der Waals surface area contributed by atoms with Gasteiger partial charge in [-0.05, 0) is 48.8 Å². The molecule has 2 rings (SSSR count). The highest BCUT2D eigenvalue weighted by Crippen LogP contribution is 2.30. The van der Waals surface area contributed by atoms with Gasteiger partial charge in [-0.25, -0.2) is 4.39 Å². The zero-order valence-electron chi connectivity index (χ0n) is 10.5. The van der Waals surface area contributed by atoms with Crippen LogP contribution in [-0.4, -0.2) is 6.04 Å². The number of nitrogens with two attached hydrogens (primary N) is 1. The summed E-state index contributed by atoms with van der Waals surface area (Å²) in [5.41, 5.74) is 7.28. The summed E-state index contributed by atoms with van der Waals surface area (Å²) >= 11 is 0. The Bertz CT molecular complexity index is 356. The molecule has 0 radical (unpaired) electrons. The number of hydrogen-bond donors (Lipinski definition) is 1. The first-order chi connectivity index (χ1) is 8.15. The van der Waals surface area contributed by atoms with E-state index in [2.05, 4.69) is 6.92 Å². The lowest BCUT2D eigenvalue weighted by atomic mass is 9.78. The van der Waals surface area contributed by atoms with Crippen molar-refractivity contribution >= 4 is 0 Å². The summed E-state index contributed by atoms with van der Waals surface area (Å²) in [5.74, 6) is 1.31. The van der Waals surface area contributed by atoms with Gasteiger partial charge >= 0.3 is 0 Å². The van der Waals surface area contributed by atoms with Crippen molar-refractivity contribution < 1.29 is 4.39 Å². The lowest BCUT2D eigenvalue weighted by Crippen LogP contribution is -2.34. The van der Waals surface area contributed by atoms with Crippen molar-refractivity contribution in [2.75, 3.05) is 0 Å². The molecular formula is C15H22FN. The van der Waals surface area contributed by atoms with Gasteiger partial charge in [0.1, 0.15) is 5.82 Å². The minimum absolute atomic E-state index is 0.160. The summed E-state index contributed by atoms with van der Waals surface area (Å²) in [7, 11) is 0. The lowest BCUT2D eigenvalue weighted by Gasteiger charge is -2.30. The first-order valence-corrected chi connectivity index (χ1v) is 6.65. The van der Waals surface area contributed by atoms with Crippen molar-refractivity contribution in [3.8, 4) is 0 Å². The van der Waals surface area contributed by atoms with E-state index in [1.54, 1.807) is 12.1 Å². The van der Waals surface area contributed by atoms with Crippen LogP contribution in [0.1, 0.15) is 38.2 Å². The van der Waals surface area contributed by atoms with Crippen LogP contribution < -0.4 is 5.73 Å². The summed E-state index contributed by atoms with van der Waals surface area (Å²) in [6, 6.07) is 7.00. The SMILES string of the molecule is CC1CCC(C(N)Cc2cccc(F)c2)CC1. The van der Waals surface area contributed by atoms with Crippen LogP contribution in [0.4, 0.5) is 4.39 Å². The molecule has 0 bridgehead atoms. The van der Waals surface area contributed by atoms with Crippen molar-refractivity contribution in [1.29, 1.82) is 0 Å². The molecule has 1 aliphatic rings. The van der Waals surface area contributed by atoms with E-state index in [1.165, 1.54) is 31.7 Å². The molecule has 0 heterocycles. The summed E-state index contributed by atoms with van der Waals surface area (Å²) in [4.78, 5) is 0. The van der Waals surface area contributed by atoms with Gasteiger partial charge in [-0.1, -0.05) is 31.9 Å². The predicted molar refractivity (Wildman–Crippen MR) is 69.2 cm³/mol. The van der Waals surface area contributed by atoms with Crippen LogP contribution in [-0.2, 0) is 6.42 Å².